The summed E-state index contributed by atoms with van der Waals surface area (Å²) in [6, 6.07) is 11.8. The number of fused-ring (bicyclic) bond motifs is 1. The molecule has 0 spiro atoms. The van der Waals surface area contributed by atoms with Gasteiger partial charge in [0.2, 0.25) is 4.80 Å². The summed E-state index contributed by atoms with van der Waals surface area (Å²) in [5.74, 6) is -0.401. The lowest BCUT2D eigenvalue weighted by Gasteiger charge is -2.03. The average Bonchev–Trinajstić information content (AvgIpc) is 2.97. The highest BCUT2D eigenvalue weighted by Crippen LogP contribution is 2.21. The maximum Gasteiger partial charge on any atom is 0.338 e. The molecule has 3 rings (SSSR count). The molecular formula is C19H20N2O4S2. The first-order valence-electron chi connectivity index (χ1n) is 8.54. The van der Waals surface area contributed by atoms with Gasteiger partial charge in [0, 0.05) is 6.54 Å². The third kappa shape index (κ3) is 3.96. The minimum absolute atomic E-state index is 0.153. The van der Waals surface area contributed by atoms with Crippen molar-refractivity contribution in [3.8, 4) is 0 Å². The molecule has 0 aliphatic heterocycles. The molecule has 8 heteroatoms. The molecule has 0 saturated heterocycles. The van der Waals surface area contributed by atoms with E-state index in [2.05, 4.69) is 4.40 Å². The van der Waals surface area contributed by atoms with E-state index in [9.17, 15) is 13.2 Å². The zero-order chi connectivity index (χ0) is 19.6. The zero-order valence-corrected chi connectivity index (χ0v) is 16.9. The van der Waals surface area contributed by atoms with Crippen molar-refractivity contribution in [1.82, 2.24) is 4.57 Å². The van der Waals surface area contributed by atoms with Crippen LogP contribution in [0.15, 0.2) is 51.8 Å². The van der Waals surface area contributed by atoms with Crippen LogP contribution in [0.3, 0.4) is 0 Å². The lowest BCUT2D eigenvalue weighted by atomic mass is 10.2. The first-order chi connectivity index (χ1) is 12.9. The summed E-state index contributed by atoms with van der Waals surface area (Å²) >= 11 is 1.23. The molecule has 27 heavy (non-hydrogen) atoms. The summed E-state index contributed by atoms with van der Waals surface area (Å²) < 4.78 is 37.0. The van der Waals surface area contributed by atoms with E-state index >= 15 is 0 Å². The minimum Gasteiger partial charge on any atom is -0.462 e. The van der Waals surface area contributed by atoms with Gasteiger partial charge in [-0.15, -0.1) is 4.40 Å². The van der Waals surface area contributed by atoms with Crippen molar-refractivity contribution in [3.05, 3.63) is 58.4 Å². The van der Waals surface area contributed by atoms with Crippen LogP contribution >= 0.6 is 11.3 Å². The standard InChI is InChI=1S/C19H20N2O4S2/c1-4-21-16-11-8-14(18(22)25-5-2)12-17(16)26-19(21)20-27(23,24)15-9-6-13(3)7-10-15/h6-12H,4-5H2,1-3H3/b20-19-. The summed E-state index contributed by atoms with van der Waals surface area (Å²) in [7, 11) is -3.82. The number of benzene rings is 2. The number of sulfonamides is 1. The molecule has 3 aromatic rings. The van der Waals surface area contributed by atoms with Gasteiger partial charge in [-0.3, -0.25) is 0 Å². The molecule has 142 valence electrons. The summed E-state index contributed by atoms with van der Waals surface area (Å²) in [5.41, 5.74) is 2.24. The number of aryl methyl sites for hydroxylation is 2. The highest BCUT2D eigenvalue weighted by atomic mass is 32.2. The third-order valence-corrected chi connectivity index (χ3v) is 6.47. The minimum atomic E-state index is -3.82. The highest BCUT2D eigenvalue weighted by molar-refractivity contribution is 7.90. The van der Waals surface area contributed by atoms with Crippen LogP contribution in [-0.4, -0.2) is 25.6 Å². The van der Waals surface area contributed by atoms with Crippen LogP contribution in [-0.2, 0) is 21.3 Å². The van der Waals surface area contributed by atoms with Crippen molar-refractivity contribution in [2.75, 3.05) is 6.61 Å². The van der Waals surface area contributed by atoms with Gasteiger partial charge in [-0.1, -0.05) is 29.0 Å². The monoisotopic (exact) mass is 404 g/mol. The SMILES string of the molecule is CCOC(=O)c1ccc2c(c1)s/c(=N\S(=O)(=O)c1ccc(C)cc1)n2CC. The number of hydrogen-bond donors (Lipinski definition) is 0. The van der Waals surface area contributed by atoms with Gasteiger partial charge < -0.3 is 9.30 Å². The van der Waals surface area contributed by atoms with Gasteiger partial charge in [-0.2, -0.15) is 8.42 Å². The second kappa shape index (κ2) is 7.66. The highest BCUT2D eigenvalue weighted by Gasteiger charge is 2.15. The van der Waals surface area contributed by atoms with E-state index in [1.165, 1.54) is 11.3 Å². The molecule has 0 aliphatic carbocycles. The molecule has 0 fully saturated rings. The van der Waals surface area contributed by atoms with E-state index in [0.29, 0.717) is 23.5 Å². The van der Waals surface area contributed by atoms with Crippen molar-refractivity contribution in [3.63, 3.8) is 0 Å². The number of nitrogens with zero attached hydrogens (tertiary/aromatic N) is 2. The maximum atomic E-state index is 12.7. The molecule has 6 nitrogen and oxygen atoms in total. The predicted octanol–water partition coefficient (Wildman–Crippen LogP) is 3.50. The smallest absolute Gasteiger partial charge is 0.338 e. The molecule has 0 unspecified atom stereocenters. The van der Waals surface area contributed by atoms with Crippen molar-refractivity contribution in [2.24, 2.45) is 4.40 Å². The summed E-state index contributed by atoms with van der Waals surface area (Å²) in [4.78, 5) is 12.5. The Kier molecular flexibility index (Phi) is 5.48. The van der Waals surface area contributed by atoms with Crippen LogP contribution in [0.5, 0.6) is 0 Å². The molecule has 0 amide bonds. The van der Waals surface area contributed by atoms with Crippen molar-refractivity contribution >= 4 is 37.5 Å². The Balaban J connectivity index is 2.14. The van der Waals surface area contributed by atoms with E-state index in [0.717, 1.165) is 15.8 Å². The van der Waals surface area contributed by atoms with Gasteiger partial charge in [0.1, 0.15) is 0 Å². The van der Waals surface area contributed by atoms with Crippen LogP contribution in [0.1, 0.15) is 29.8 Å². The van der Waals surface area contributed by atoms with Crippen LogP contribution in [0.2, 0.25) is 0 Å². The third-order valence-electron chi connectivity index (χ3n) is 4.03. The lowest BCUT2D eigenvalue weighted by molar-refractivity contribution is 0.0526. The van der Waals surface area contributed by atoms with Crippen molar-refractivity contribution in [2.45, 2.75) is 32.2 Å². The Hall–Kier alpha value is -2.45. The van der Waals surface area contributed by atoms with Crippen LogP contribution in [0.4, 0.5) is 0 Å². The van der Waals surface area contributed by atoms with Crippen molar-refractivity contribution < 1.29 is 17.9 Å². The van der Waals surface area contributed by atoms with Gasteiger partial charge >= 0.3 is 5.97 Å². The van der Waals surface area contributed by atoms with E-state index in [4.69, 9.17) is 4.74 Å². The van der Waals surface area contributed by atoms with Gasteiger partial charge in [0.05, 0.1) is 27.3 Å². The Morgan fingerprint density at radius 3 is 2.48 bits per heavy atom. The van der Waals surface area contributed by atoms with E-state index in [-0.39, 0.29) is 4.90 Å². The number of aromatic nitrogens is 1. The number of rotatable bonds is 5. The van der Waals surface area contributed by atoms with Crippen LogP contribution < -0.4 is 4.80 Å². The van der Waals surface area contributed by atoms with E-state index in [1.807, 2.05) is 18.4 Å². The second-order valence-electron chi connectivity index (χ2n) is 5.91. The molecule has 0 saturated carbocycles. The molecule has 0 aliphatic rings. The van der Waals surface area contributed by atoms with Gasteiger partial charge in [-0.25, -0.2) is 4.79 Å². The van der Waals surface area contributed by atoms with Gasteiger partial charge in [0.15, 0.2) is 0 Å². The van der Waals surface area contributed by atoms with Crippen LogP contribution in [0.25, 0.3) is 10.2 Å². The fraction of sp³-hybridized carbons (Fsp3) is 0.263. The zero-order valence-electron chi connectivity index (χ0n) is 15.3. The van der Waals surface area contributed by atoms with Crippen molar-refractivity contribution in [1.29, 1.82) is 0 Å². The normalized spacial score (nSPS) is 12.5. The lowest BCUT2D eigenvalue weighted by Crippen LogP contribution is -2.16. The van der Waals surface area contributed by atoms with Gasteiger partial charge in [-0.05, 0) is 51.1 Å². The molecular weight excluding hydrogens is 384 g/mol. The molecule has 1 heterocycles. The number of ether oxygens (including phenoxy) is 1. The number of carbonyl (C=O) groups is 1. The van der Waals surface area contributed by atoms with Crippen LogP contribution in [0, 0.1) is 6.92 Å². The second-order valence-corrected chi connectivity index (χ2v) is 8.52. The Labute approximate surface area is 161 Å². The topological polar surface area (TPSA) is 77.7 Å². The summed E-state index contributed by atoms with van der Waals surface area (Å²) in [6.45, 7) is 6.42. The Bertz CT molecular complexity index is 1160. The number of carbonyl (C=O) groups excluding carboxylic acids is 1. The fourth-order valence-corrected chi connectivity index (χ4v) is 4.99. The molecule has 0 atom stereocenters. The Morgan fingerprint density at radius 2 is 1.85 bits per heavy atom. The number of esters is 1. The first kappa shape index (κ1) is 19.3. The fourth-order valence-electron chi connectivity index (χ4n) is 2.66. The molecule has 0 bridgehead atoms. The van der Waals surface area contributed by atoms with E-state index < -0.39 is 16.0 Å². The Morgan fingerprint density at radius 1 is 1.15 bits per heavy atom. The number of hydrogen-bond acceptors (Lipinski definition) is 5. The molecule has 2 aromatic carbocycles. The predicted molar refractivity (Wildman–Crippen MR) is 105 cm³/mol. The molecule has 1 aromatic heterocycles. The summed E-state index contributed by atoms with van der Waals surface area (Å²) in [6.07, 6.45) is 0. The van der Waals surface area contributed by atoms with Gasteiger partial charge in [0.25, 0.3) is 10.0 Å². The quantitative estimate of drug-likeness (QED) is 0.610. The molecule has 0 N–H and O–H groups in total. The first-order valence-corrected chi connectivity index (χ1v) is 10.8. The number of thiazole rings is 1. The summed E-state index contributed by atoms with van der Waals surface area (Å²) in [5, 5.41) is 0. The average molecular weight is 405 g/mol. The molecule has 0 radical (unpaired) electrons. The largest absolute Gasteiger partial charge is 0.462 e. The maximum absolute atomic E-state index is 12.7. The van der Waals surface area contributed by atoms with E-state index in [1.54, 1.807) is 49.4 Å².